The van der Waals surface area contributed by atoms with Crippen molar-refractivity contribution in [3.05, 3.63) is 83.4 Å². The van der Waals surface area contributed by atoms with Crippen LogP contribution in [0.4, 0.5) is 25.0 Å². The number of hydrogen-bond donors (Lipinski definition) is 3. The van der Waals surface area contributed by atoms with Crippen molar-refractivity contribution >= 4 is 31.7 Å². The predicted molar refractivity (Wildman–Crippen MR) is 149 cm³/mol. The van der Waals surface area contributed by atoms with Crippen molar-refractivity contribution in [1.82, 2.24) is 0 Å². The molecule has 0 fully saturated rings. The molecule has 3 rings (SSSR count). The number of carbonyl (C=O) groups is 2. The molecule has 0 aliphatic heterocycles. The van der Waals surface area contributed by atoms with Gasteiger partial charge in [0.25, 0.3) is 0 Å². The van der Waals surface area contributed by atoms with Crippen LogP contribution >= 0.6 is 0 Å². The van der Waals surface area contributed by atoms with E-state index in [4.69, 9.17) is 4.43 Å². The molecule has 0 aromatic heterocycles. The van der Waals surface area contributed by atoms with Crippen molar-refractivity contribution in [2.75, 3.05) is 10.6 Å². The number of carboxylic acid groups (broad SMARTS) is 1. The summed E-state index contributed by atoms with van der Waals surface area (Å²) in [6.07, 6.45) is -0.931. The van der Waals surface area contributed by atoms with Gasteiger partial charge in [0, 0.05) is 23.6 Å². The fraction of sp³-hybridized carbons (Fsp3) is 0.310. The van der Waals surface area contributed by atoms with Gasteiger partial charge >= 0.3 is 6.09 Å². The van der Waals surface area contributed by atoms with E-state index in [-0.39, 0.29) is 35.7 Å². The lowest BCUT2D eigenvalue weighted by molar-refractivity contribution is -0.116. The second kappa shape index (κ2) is 11.9. The van der Waals surface area contributed by atoms with Crippen molar-refractivity contribution < 1.29 is 27.9 Å². The first-order chi connectivity index (χ1) is 17.8. The molecule has 0 heterocycles. The number of carbonyl (C=O) groups excluding carboxylic acids is 1. The molecular weight excluding hydrogens is 506 g/mol. The lowest BCUT2D eigenvalue weighted by Crippen LogP contribution is -2.40. The van der Waals surface area contributed by atoms with Gasteiger partial charge in [0.15, 0.2) is 8.32 Å². The molecule has 0 unspecified atom stereocenters. The van der Waals surface area contributed by atoms with Gasteiger partial charge in [-0.2, -0.15) is 0 Å². The topological polar surface area (TPSA) is 87.7 Å². The van der Waals surface area contributed by atoms with Gasteiger partial charge in [0.2, 0.25) is 5.91 Å². The van der Waals surface area contributed by atoms with Gasteiger partial charge in [-0.25, -0.2) is 13.6 Å². The first-order valence-corrected chi connectivity index (χ1v) is 15.3. The summed E-state index contributed by atoms with van der Waals surface area (Å²) in [6, 6.07) is 16.6. The predicted octanol–water partition coefficient (Wildman–Crippen LogP) is 7.81. The molecular formula is C29H34F2N2O4Si. The van der Waals surface area contributed by atoms with Gasteiger partial charge in [-0.15, -0.1) is 0 Å². The van der Waals surface area contributed by atoms with Crippen molar-refractivity contribution in [3.63, 3.8) is 0 Å². The van der Waals surface area contributed by atoms with Gasteiger partial charge in [0.05, 0.1) is 18.0 Å². The van der Waals surface area contributed by atoms with Crippen LogP contribution in [-0.2, 0) is 22.2 Å². The standard InChI is InChI=1S/C29H34F2N2O4Si/c1-29(2,3)38(4,5)37-18-21-16-24(31)26(17-23(21)30)32-27(34)14-12-19-11-13-22(20-9-7-6-8-10-20)25(15-19)33-28(35)36/h6-11,13,15-17,33H,12,14,18H2,1-5H3,(H,32,34)(H,35,36). The number of anilines is 2. The molecule has 3 aromatic rings. The Hall–Kier alpha value is -3.56. The van der Waals surface area contributed by atoms with Crippen LogP contribution < -0.4 is 10.6 Å². The van der Waals surface area contributed by atoms with Crippen LogP contribution in [0.1, 0.15) is 38.3 Å². The summed E-state index contributed by atoms with van der Waals surface area (Å²) in [7, 11) is -2.14. The molecule has 0 bridgehead atoms. The minimum absolute atomic E-state index is 0.00547. The van der Waals surface area contributed by atoms with Gasteiger partial charge in [-0.3, -0.25) is 10.1 Å². The highest BCUT2D eigenvalue weighted by Gasteiger charge is 2.37. The largest absolute Gasteiger partial charge is 0.465 e. The van der Waals surface area contributed by atoms with Gasteiger partial charge < -0.3 is 14.8 Å². The summed E-state index contributed by atoms with van der Waals surface area (Å²) in [5.74, 6) is -1.89. The maximum Gasteiger partial charge on any atom is 0.409 e. The number of amides is 2. The second-order valence-electron chi connectivity index (χ2n) is 10.7. The molecule has 202 valence electrons. The van der Waals surface area contributed by atoms with Crippen LogP contribution in [0.25, 0.3) is 11.1 Å². The van der Waals surface area contributed by atoms with Crippen LogP contribution in [0.3, 0.4) is 0 Å². The van der Waals surface area contributed by atoms with Crippen LogP contribution in [0.2, 0.25) is 18.1 Å². The molecule has 38 heavy (non-hydrogen) atoms. The van der Waals surface area contributed by atoms with E-state index in [0.29, 0.717) is 16.8 Å². The number of nitrogens with one attached hydrogen (secondary N) is 2. The molecule has 0 radical (unpaired) electrons. The van der Waals surface area contributed by atoms with Crippen LogP contribution in [0.15, 0.2) is 60.7 Å². The molecule has 3 N–H and O–H groups in total. The lowest BCUT2D eigenvalue weighted by Gasteiger charge is -2.36. The monoisotopic (exact) mass is 540 g/mol. The summed E-state index contributed by atoms with van der Waals surface area (Å²) in [6.45, 7) is 10.2. The minimum atomic E-state index is -2.14. The fourth-order valence-corrected chi connectivity index (χ4v) is 4.52. The summed E-state index contributed by atoms with van der Waals surface area (Å²) in [5, 5.41) is 14.0. The summed E-state index contributed by atoms with van der Waals surface area (Å²) >= 11 is 0. The summed E-state index contributed by atoms with van der Waals surface area (Å²) < 4.78 is 35.4. The number of hydrogen-bond acceptors (Lipinski definition) is 3. The third-order valence-corrected chi connectivity index (χ3v) is 11.3. The average Bonchev–Trinajstić information content (AvgIpc) is 2.83. The number of rotatable bonds is 9. The smallest absolute Gasteiger partial charge is 0.409 e. The molecule has 0 aliphatic rings. The second-order valence-corrected chi connectivity index (χ2v) is 15.5. The van der Waals surface area contributed by atoms with Crippen molar-refractivity contribution in [2.24, 2.45) is 0 Å². The maximum absolute atomic E-state index is 14.7. The van der Waals surface area contributed by atoms with Gasteiger partial charge in [-0.05, 0) is 47.8 Å². The molecule has 0 spiro atoms. The van der Waals surface area contributed by atoms with Crippen LogP contribution in [0, 0.1) is 11.6 Å². The molecule has 2 amide bonds. The third kappa shape index (κ3) is 7.49. The van der Waals surface area contributed by atoms with Gasteiger partial charge in [-0.1, -0.05) is 63.2 Å². The van der Waals surface area contributed by atoms with Crippen LogP contribution in [0.5, 0.6) is 0 Å². The van der Waals surface area contributed by atoms with E-state index in [0.717, 1.165) is 17.7 Å². The zero-order chi connectivity index (χ0) is 28.1. The van der Waals surface area contributed by atoms with Crippen molar-refractivity contribution in [3.8, 4) is 11.1 Å². The average molecular weight is 541 g/mol. The zero-order valence-electron chi connectivity index (χ0n) is 22.3. The first-order valence-electron chi connectivity index (χ1n) is 12.4. The third-order valence-electron chi connectivity index (χ3n) is 6.86. The molecule has 0 saturated carbocycles. The highest BCUT2D eigenvalue weighted by Crippen LogP contribution is 2.37. The highest BCUT2D eigenvalue weighted by molar-refractivity contribution is 6.74. The molecule has 3 aromatic carbocycles. The Labute approximate surface area is 223 Å². The number of benzene rings is 3. The summed E-state index contributed by atoms with van der Waals surface area (Å²) in [4.78, 5) is 23.8. The highest BCUT2D eigenvalue weighted by atomic mass is 28.4. The van der Waals surface area contributed by atoms with Crippen LogP contribution in [-0.4, -0.2) is 25.4 Å². The van der Waals surface area contributed by atoms with Crippen molar-refractivity contribution in [2.45, 2.75) is 58.4 Å². The number of aryl methyl sites for hydroxylation is 1. The van der Waals surface area contributed by atoms with E-state index in [9.17, 15) is 23.5 Å². The molecule has 0 aliphatic carbocycles. The Morgan fingerprint density at radius 3 is 2.24 bits per heavy atom. The zero-order valence-corrected chi connectivity index (χ0v) is 23.3. The minimum Gasteiger partial charge on any atom is -0.465 e. The molecule has 6 nitrogen and oxygen atoms in total. The fourth-order valence-electron chi connectivity index (χ4n) is 3.57. The Kier molecular flexibility index (Phi) is 9.06. The SMILES string of the molecule is CC(C)(C)[Si](C)(C)OCc1cc(F)c(NC(=O)CCc2ccc(-c3ccccc3)c(NC(=O)O)c2)cc1F. The van der Waals surface area contributed by atoms with Crippen molar-refractivity contribution in [1.29, 1.82) is 0 Å². The Morgan fingerprint density at radius 2 is 1.61 bits per heavy atom. The lowest BCUT2D eigenvalue weighted by atomic mass is 9.99. The Bertz CT molecular complexity index is 1310. The molecule has 0 saturated heterocycles. The molecule has 0 atom stereocenters. The van der Waals surface area contributed by atoms with E-state index in [1.165, 1.54) is 0 Å². The van der Waals surface area contributed by atoms with E-state index in [1.54, 1.807) is 18.2 Å². The van der Waals surface area contributed by atoms with E-state index < -0.39 is 32.0 Å². The number of halogens is 2. The first kappa shape index (κ1) is 29.0. The molecule has 9 heteroatoms. The quantitative estimate of drug-likeness (QED) is 0.242. The Morgan fingerprint density at radius 1 is 0.921 bits per heavy atom. The maximum atomic E-state index is 14.7. The van der Waals surface area contributed by atoms with E-state index in [1.807, 2.05) is 43.4 Å². The van der Waals surface area contributed by atoms with Gasteiger partial charge in [0.1, 0.15) is 11.6 Å². The van der Waals surface area contributed by atoms with E-state index in [2.05, 4.69) is 31.4 Å². The summed E-state index contributed by atoms with van der Waals surface area (Å²) in [5.41, 5.74) is 2.52. The Balaban J connectivity index is 1.66. The normalized spacial score (nSPS) is 11.8. The van der Waals surface area contributed by atoms with E-state index >= 15 is 0 Å².